The van der Waals surface area contributed by atoms with Crippen molar-refractivity contribution in [1.29, 1.82) is 0 Å². The molecule has 0 saturated carbocycles. The third kappa shape index (κ3) is 3.41. The van der Waals surface area contributed by atoms with Gasteiger partial charge in [0.15, 0.2) is 0 Å². The van der Waals surface area contributed by atoms with Gasteiger partial charge in [-0.05, 0) is 73.1 Å². The van der Waals surface area contributed by atoms with Gasteiger partial charge in [-0.25, -0.2) is 0 Å². The van der Waals surface area contributed by atoms with Crippen LogP contribution in [-0.2, 0) is 0 Å². The van der Waals surface area contributed by atoms with Gasteiger partial charge in [-0.3, -0.25) is 0 Å². The largest absolute Gasteiger partial charge is 0.456 e. The van der Waals surface area contributed by atoms with Crippen LogP contribution in [0, 0.1) is 0 Å². The van der Waals surface area contributed by atoms with Crippen LogP contribution in [0.15, 0.2) is 150 Å². The highest BCUT2D eigenvalue weighted by atomic mass is 16.3. The van der Waals surface area contributed by atoms with E-state index in [1.807, 2.05) is 6.07 Å². The minimum Gasteiger partial charge on any atom is -0.456 e. The molecule has 1 aromatic heterocycles. The molecule has 0 fully saturated rings. The van der Waals surface area contributed by atoms with Crippen molar-refractivity contribution in [1.82, 2.24) is 0 Å². The molecule has 0 bridgehead atoms. The van der Waals surface area contributed by atoms with Gasteiger partial charge in [-0.15, -0.1) is 0 Å². The molecule has 7 aromatic carbocycles. The summed E-state index contributed by atoms with van der Waals surface area (Å²) in [5, 5.41) is 7.29. The molecule has 8 aromatic rings. The second-order valence-corrected chi connectivity index (χ2v) is 10.1. The van der Waals surface area contributed by atoms with E-state index in [-0.39, 0.29) is 0 Å². The Morgan fingerprint density at radius 3 is 1.38 bits per heavy atom. The van der Waals surface area contributed by atoms with E-state index in [0.717, 1.165) is 27.5 Å². The molecule has 0 unspecified atom stereocenters. The highest BCUT2D eigenvalue weighted by Crippen LogP contribution is 2.46. The lowest BCUT2D eigenvalue weighted by Crippen LogP contribution is -1.91. The van der Waals surface area contributed by atoms with Gasteiger partial charge >= 0.3 is 0 Å². The number of hydrogen-bond acceptors (Lipinski definition) is 1. The Bertz CT molecular complexity index is 2090. The first-order valence-corrected chi connectivity index (χ1v) is 13.4. The van der Waals surface area contributed by atoms with Gasteiger partial charge in [-0.1, -0.05) is 127 Å². The average molecular weight is 497 g/mol. The molecule has 0 radical (unpaired) electrons. The first kappa shape index (κ1) is 21.9. The van der Waals surface area contributed by atoms with Gasteiger partial charge in [0.1, 0.15) is 11.2 Å². The first-order chi connectivity index (χ1) is 19.4. The van der Waals surface area contributed by atoms with Gasteiger partial charge in [0.25, 0.3) is 0 Å². The van der Waals surface area contributed by atoms with Crippen molar-refractivity contribution >= 4 is 43.5 Å². The molecule has 0 spiro atoms. The van der Waals surface area contributed by atoms with Crippen molar-refractivity contribution in [2.24, 2.45) is 0 Å². The Labute approximate surface area is 226 Å². The summed E-state index contributed by atoms with van der Waals surface area (Å²) in [5.74, 6) is 0. The molecule has 0 aliphatic carbocycles. The van der Waals surface area contributed by atoms with Crippen LogP contribution in [0.25, 0.3) is 76.9 Å². The average Bonchev–Trinajstić information content (AvgIpc) is 3.39. The predicted octanol–water partition coefficient (Wildman–Crippen LogP) is 10.9. The summed E-state index contributed by atoms with van der Waals surface area (Å²) in [6, 6.07) is 51.9. The minimum absolute atomic E-state index is 0.910. The van der Waals surface area contributed by atoms with E-state index >= 15 is 0 Å². The number of benzene rings is 7. The van der Waals surface area contributed by atoms with Crippen molar-refractivity contribution in [3.05, 3.63) is 146 Å². The molecule has 0 N–H and O–H groups in total. The van der Waals surface area contributed by atoms with Crippen LogP contribution < -0.4 is 0 Å². The number of rotatable bonds is 3. The lowest BCUT2D eigenvalue weighted by atomic mass is 9.85. The molecule has 39 heavy (non-hydrogen) atoms. The quantitative estimate of drug-likeness (QED) is 0.222. The highest BCUT2D eigenvalue weighted by molar-refractivity contribution is 6.23. The second kappa shape index (κ2) is 8.72. The summed E-state index contributed by atoms with van der Waals surface area (Å²) in [7, 11) is 0. The Morgan fingerprint density at radius 2 is 0.795 bits per heavy atom. The predicted molar refractivity (Wildman–Crippen MR) is 165 cm³/mol. The van der Waals surface area contributed by atoms with Crippen LogP contribution in [0.1, 0.15) is 0 Å². The number of hydrogen-bond donors (Lipinski definition) is 0. The molecular weight excluding hydrogens is 472 g/mol. The summed E-state index contributed by atoms with van der Waals surface area (Å²) in [6.07, 6.45) is 0. The number of furan rings is 1. The number of para-hydroxylation sites is 1. The number of fused-ring (bicyclic) bond motifs is 5. The van der Waals surface area contributed by atoms with E-state index in [2.05, 4.69) is 140 Å². The van der Waals surface area contributed by atoms with Crippen LogP contribution in [0.3, 0.4) is 0 Å². The Balaban J connectivity index is 1.54. The lowest BCUT2D eigenvalue weighted by molar-refractivity contribution is 0.669. The maximum Gasteiger partial charge on any atom is 0.136 e. The van der Waals surface area contributed by atoms with Crippen molar-refractivity contribution in [3.63, 3.8) is 0 Å². The summed E-state index contributed by atoms with van der Waals surface area (Å²) >= 11 is 0. The standard InChI is InChI=1S/C38H24O/c1-3-13-25(14-4-1)33-23-27(24-35-38(33)32-21-11-12-22-34(32)39-35)37-30-19-9-7-17-28(30)36(26-15-5-2-6-16-26)29-18-8-10-20-31(29)37/h1-24H. The van der Waals surface area contributed by atoms with Crippen LogP contribution in [0.4, 0.5) is 0 Å². The highest BCUT2D eigenvalue weighted by Gasteiger charge is 2.20. The van der Waals surface area contributed by atoms with Gasteiger partial charge in [0.2, 0.25) is 0 Å². The SMILES string of the molecule is c1ccc(-c2c3ccccc3c(-c3cc(-c4ccccc4)c4c(c3)oc3ccccc34)c3ccccc23)cc1. The lowest BCUT2D eigenvalue weighted by Gasteiger charge is -2.18. The van der Waals surface area contributed by atoms with E-state index in [1.54, 1.807) is 0 Å². The molecule has 1 heteroatoms. The first-order valence-electron chi connectivity index (χ1n) is 13.4. The molecule has 8 rings (SSSR count). The fraction of sp³-hybridized carbons (Fsp3) is 0. The third-order valence-corrected chi connectivity index (χ3v) is 7.85. The summed E-state index contributed by atoms with van der Waals surface area (Å²) < 4.78 is 6.49. The van der Waals surface area contributed by atoms with Crippen molar-refractivity contribution in [3.8, 4) is 33.4 Å². The van der Waals surface area contributed by atoms with E-state index in [9.17, 15) is 0 Å². The Kier molecular flexibility index (Phi) is 4.89. The second-order valence-electron chi connectivity index (χ2n) is 10.1. The molecule has 0 amide bonds. The van der Waals surface area contributed by atoms with Crippen molar-refractivity contribution in [2.75, 3.05) is 0 Å². The van der Waals surface area contributed by atoms with E-state index < -0.39 is 0 Å². The molecule has 0 atom stereocenters. The fourth-order valence-electron chi connectivity index (χ4n) is 6.20. The molecule has 1 heterocycles. The molecular formula is C38H24O. The van der Waals surface area contributed by atoms with Gasteiger partial charge in [0, 0.05) is 10.8 Å². The molecule has 0 saturated heterocycles. The zero-order valence-corrected chi connectivity index (χ0v) is 21.3. The summed E-state index contributed by atoms with van der Waals surface area (Å²) in [5.41, 5.74) is 9.10. The van der Waals surface area contributed by atoms with E-state index in [0.29, 0.717) is 0 Å². The van der Waals surface area contributed by atoms with Crippen LogP contribution in [0.2, 0.25) is 0 Å². The van der Waals surface area contributed by atoms with Gasteiger partial charge < -0.3 is 4.42 Å². The van der Waals surface area contributed by atoms with Crippen molar-refractivity contribution in [2.45, 2.75) is 0 Å². The maximum absolute atomic E-state index is 6.49. The molecule has 182 valence electrons. The molecule has 0 aliphatic heterocycles. The van der Waals surface area contributed by atoms with Crippen LogP contribution >= 0.6 is 0 Å². The van der Waals surface area contributed by atoms with Crippen LogP contribution in [-0.4, -0.2) is 0 Å². The van der Waals surface area contributed by atoms with E-state index in [1.165, 1.54) is 49.4 Å². The Hall–Kier alpha value is -5.14. The van der Waals surface area contributed by atoms with E-state index in [4.69, 9.17) is 4.42 Å². The summed E-state index contributed by atoms with van der Waals surface area (Å²) in [4.78, 5) is 0. The molecule has 1 nitrogen and oxygen atoms in total. The van der Waals surface area contributed by atoms with Gasteiger partial charge in [0.05, 0.1) is 0 Å². The smallest absolute Gasteiger partial charge is 0.136 e. The van der Waals surface area contributed by atoms with Crippen LogP contribution in [0.5, 0.6) is 0 Å². The molecule has 0 aliphatic rings. The summed E-state index contributed by atoms with van der Waals surface area (Å²) in [6.45, 7) is 0. The third-order valence-electron chi connectivity index (χ3n) is 7.85. The topological polar surface area (TPSA) is 13.1 Å². The zero-order valence-electron chi connectivity index (χ0n) is 21.3. The fourth-order valence-corrected chi connectivity index (χ4v) is 6.20. The monoisotopic (exact) mass is 496 g/mol. The minimum atomic E-state index is 0.910. The normalized spacial score (nSPS) is 11.6. The zero-order chi connectivity index (χ0) is 25.8. The maximum atomic E-state index is 6.49. The Morgan fingerprint density at radius 1 is 0.333 bits per heavy atom. The van der Waals surface area contributed by atoms with Gasteiger partial charge in [-0.2, -0.15) is 0 Å². The van der Waals surface area contributed by atoms with Crippen molar-refractivity contribution < 1.29 is 4.42 Å².